The molecule has 3 heterocycles. The van der Waals surface area contributed by atoms with Crippen LogP contribution in [-0.4, -0.2) is 54.3 Å². The molecule has 1 fully saturated rings. The summed E-state index contributed by atoms with van der Waals surface area (Å²) < 4.78 is 10.5. The number of ether oxygens (including phenoxy) is 2. The Hall–Kier alpha value is -3.06. The molecule has 1 atom stereocenters. The number of nitrogens with zero attached hydrogens (tertiary/aromatic N) is 3. The number of rotatable bonds is 10. The van der Waals surface area contributed by atoms with Gasteiger partial charge in [-0.2, -0.15) is 0 Å². The number of carbonyl (C=O) groups is 2. The number of esters is 1. The molecule has 1 aromatic carbocycles. The first kappa shape index (κ1) is 26.0. The number of likely N-dealkylation sites (tertiary alicyclic amines) is 1. The van der Waals surface area contributed by atoms with E-state index in [0.29, 0.717) is 30.5 Å². The summed E-state index contributed by atoms with van der Waals surface area (Å²) in [6, 6.07) is 14.1. The van der Waals surface area contributed by atoms with Gasteiger partial charge in [-0.25, -0.2) is 14.8 Å². The number of hydrogen-bond donors (Lipinski definition) is 0. The standard InChI is InChI=1S/C29H37N3O4/c1-20(2)23-12-10-22(11-13-23)19-32-16-14-21(15-17-32)6-4-9-26(33)28-30-18-27(36-28)24-7-5-8-25(31-24)29(34)35-3/h5,7-8,10-13,20-21,27H,4,6,9,14-19H2,1-3H3. The molecule has 0 amide bonds. The molecule has 0 spiro atoms. The van der Waals surface area contributed by atoms with Gasteiger partial charge in [0.15, 0.2) is 6.10 Å². The van der Waals surface area contributed by atoms with E-state index in [1.54, 1.807) is 18.2 Å². The lowest BCUT2D eigenvalue weighted by atomic mass is 9.91. The van der Waals surface area contributed by atoms with Gasteiger partial charge in [-0.3, -0.25) is 9.69 Å². The van der Waals surface area contributed by atoms with Crippen LogP contribution in [0.15, 0.2) is 47.5 Å². The highest BCUT2D eigenvalue weighted by atomic mass is 16.5. The van der Waals surface area contributed by atoms with Crippen LogP contribution in [0.3, 0.4) is 0 Å². The van der Waals surface area contributed by atoms with Crippen molar-refractivity contribution in [3.05, 3.63) is 65.0 Å². The van der Waals surface area contributed by atoms with E-state index in [-0.39, 0.29) is 17.4 Å². The third kappa shape index (κ3) is 6.78. The zero-order valence-electron chi connectivity index (χ0n) is 21.6. The smallest absolute Gasteiger partial charge is 0.356 e. The number of aromatic nitrogens is 1. The van der Waals surface area contributed by atoms with Crippen molar-refractivity contribution in [2.75, 3.05) is 26.7 Å². The van der Waals surface area contributed by atoms with Crippen LogP contribution >= 0.6 is 0 Å². The number of hydrogen-bond acceptors (Lipinski definition) is 7. The van der Waals surface area contributed by atoms with Crippen molar-refractivity contribution < 1.29 is 19.1 Å². The normalized spacial score (nSPS) is 18.7. The van der Waals surface area contributed by atoms with E-state index in [1.807, 2.05) is 0 Å². The minimum atomic E-state index is -0.502. The van der Waals surface area contributed by atoms with Gasteiger partial charge in [-0.1, -0.05) is 44.2 Å². The van der Waals surface area contributed by atoms with E-state index in [4.69, 9.17) is 9.47 Å². The fourth-order valence-corrected chi connectivity index (χ4v) is 4.89. The summed E-state index contributed by atoms with van der Waals surface area (Å²) in [5.41, 5.74) is 3.56. The maximum atomic E-state index is 12.6. The molecule has 1 unspecified atom stereocenters. The summed E-state index contributed by atoms with van der Waals surface area (Å²) in [5.74, 6) is 0.866. The largest absolute Gasteiger partial charge is 0.464 e. The first-order valence-electron chi connectivity index (χ1n) is 13.0. The lowest BCUT2D eigenvalue weighted by molar-refractivity contribution is -0.114. The molecule has 192 valence electrons. The molecule has 4 rings (SSSR count). The second kappa shape index (κ2) is 12.3. The predicted molar refractivity (Wildman–Crippen MR) is 139 cm³/mol. The van der Waals surface area contributed by atoms with Crippen LogP contribution in [0.4, 0.5) is 0 Å². The fourth-order valence-electron chi connectivity index (χ4n) is 4.89. The average Bonchev–Trinajstić information content (AvgIpc) is 3.40. The number of pyridine rings is 1. The van der Waals surface area contributed by atoms with E-state index < -0.39 is 12.1 Å². The molecule has 2 aliphatic rings. The highest BCUT2D eigenvalue weighted by molar-refractivity contribution is 6.36. The van der Waals surface area contributed by atoms with Crippen molar-refractivity contribution in [3.8, 4) is 0 Å². The number of piperidine rings is 1. The molecule has 2 aromatic rings. The molecule has 1 saturated heterocycles. The summed E-state index contributed by atoms with van der Waals surface area (Å²) in [7, 11) is 1.32. The molecule has 1 aromatic heterocycles. The van der Waals surface area contributed by atoms with Crippen molar-refractivity contribution in [1.29, 1.82) is 0 Å². The van der Waals surface area contributed by atoms with Gasteiger partial charge in [0, 0.05) is 13.0 Å². The molecule has 7 heteroatoms. The summed E-state index contributed by atoms with van der Waals surface area (Å²) in [6.07, 6.45) is 4.27. The van der Waals surface area contributed by atoms with Crippen LogP contribution in [0, 0.1) is 5.92 Å². The van der Waals surface area contributed by atoms with Gasteiger partial charge in [-0.05, 0) is 73.9 Å². The third-order valence-corrected chi connectivity index (χ3v) is 7.16. The van der Waals surface area contributed by atoms with Crippen molar-refractivity contribution in [1.82, 2.24) is 9.88 Å². The summed E-state index contributed by atoms with van der Waals surface area (Å²) in [4.78, 5) is 35.5. The van der Waals surface area contributed by atoms with Crippen LogP contribution in [0.25, 0.3) is 0 Å². The quantitative estimate of drug-likeness (QED) is 0.430. The van der Waals surface area contributed by atoms with E-state index in [9.17, 15) is 9.59 Å². The number of Topliss-reactive ketones (excluding diaryl/α,β-unsaturated/α-hetero) is 1. The molecule has 0 radical (unpaired) electrons. The molecule has 36 heavy (non-hydrogen) atoms. The topological polar surface area (TPSA) is 81.1 Å². The Kier molecular flexibility index (Phi) is 8.86. The van der Waals surface area contributed by atoms with E-state index >= 15 is 0 Å². The molecule has 0 bridgehead atoms. The minimum absolute atomic E-state index is 0.0519. The minimum Gasteiger partial charge on any atom is -0.464 e. The Morgan fingerprint density at radius 1 is 1.11 bits per heavy atom. The van der Waals surface area contributed by atoms with E-state index in [0.717, 1.165) is 32.5 Å². The van der Waals surface area contributed by atoms with Crippen molar-refractivity contribution in [2.45, 2.75) is 64.5 Å². The Bertz CT molecular complexity index is 1070. The van der Waals surface area contributed by atoms with Crippen LogP contribution in [0.2, 0.25) is 0 Å². The van der Waals surface area contributed by atoms with E-state index in [1.165, 1.54) is 31.1 Å². The van der Waals surface area contributed by atoms with Crippen molar-refractivity contribution in [2.24, 2.45) is 10.9 Å². The zero-order chi connectivity index (χ0) is 25.5. The lowest BCUT2D eigenvalue weighted by Crippen LogP contribution is -2.33. The highest BCUT2D eigenvalue weighted by Crippen LogP contribution is 2.26. The molecule has 2 aliphatic heterocycles. The number of aliphatic imine (C=N–C) groups is 1. The molecule has 0 aliphatic carbocycles. The number of ketones is 1. The first-order valence-corrected chi connectivity index (χ1v) is 13.0. The van der Waals surface area contributed by atoms with E-state index in [2.05, 4.69) is 53.0 Å². The van der Waals surface area contributed by atoms with Crippen LogP contribution in [-0.2, 0) is 20.8 Å². The molecular weight excluding hydrogens is 454 g/mol. The Labute approximate surface area is 213 Å². The van der Waals surface area contributed by atoms with Crippen LogP contribution < -0.4 is 0 Å². The van der Waals surface area contributed by atoms with Gasteiger partial charge in [0.25, 0.3) is 5.90 Å². The zero-order valence-corrected chi connectivity index (χ0v) is 21.6. The predicted octanol–water partition coefficient (Wildman–Crippen LogP) is 5.11. The monoisotopic (exact) mass is 491 g/mol. The second-order valence-electron chi connectivity index (χ2n) is 10.1. The first-order chi connectivity index (χ1) is 17.4. The van der Waals surface area contributed by atoms with Crippen LogP contribution in [0.1, 0.15) is 85.3 Å². The summed E-state index contributed by atoms with van der Waals surface area (Å²) in [6.45, 7) is 8.02. The van der Waals surface area contributed by atoms with Crippen molar-refractivity contribution >= 4 is 17.7 Å². The van der Waals surface area contributed by atoms with Crippen molar-refractivity contribution in [3.63, 3.8) is 0 Å². The Morgan fingerprint density at radius 3 is 2.56 bits per heavy atom. The number of methoxy groups -OCH3 is 1. The van der Waals surface area contributed by atoms with Gasteiger partial charge < -0.3 is 9.47 Å². The number of carbonyl (C=O) groups excluding carboxylic acids is 2. The summed E-state index contributed by atoms with van der Waals surface area (Å²) in [5, 5.41) is 0. The summed E-state index contributed by atoms with van der Waals surface area (Å²) >= 11 is 0. The third-order valence-electron chi connectivity index (χ3n) is 7.16. The van der Waals surface area contributed by atoms with Gasteiger partial charge >= 0.3 is 5.97 Å². The SMILES string of the molecule is COC(=O)c1cccc(C2CN=C(C(=O)CCCC3CCN(Cc4ccc(C(C)C)cc4)CC3)O2)n1. The Balaban J connectivity index is 1.15. The molecule has 7 nitrogen and oxygen atoms in total. The lowest BCUT2D eigenvalue weighted by Gasteiger charge is -2.32. The van der Waals surface area contributed by atoms with Gasteiger partial charge in [0.05, 0.1) is 19.3 Å². The second-order valence-corrected chi connectivity index (χ2v) is 10.1. The molecule has 0 N–H and O–H groups in total. The highest BCUT2D eigenvalue weighted by Gasteiger charge is 2.28. The van der Waals surface area contributed by atoms with Crippen LogP contribution in [0.5, 0.6) is 0 Å². The molecule has 0 saturated carbocycles. The maximum absolute atomic E-state index is 12.6. The van der Waals surface area contributed by atoms with Gasteiger partial charge in [0.2, 0.25) is 5.78 Å². The van der Waals surface area contributed by atoms with Gasteiger partial charge in [-0.15, -0.1) is 0 Å². The molecular formula is C29H37N3O4. The maximum Gasteiger partial charge on any atom is 0.356 e. The fraction of sp³-hybridized carbons (Fsp3) is 0.517. The van der Waals surface area contributed by atoms with Gasteiger partial charge in [0.1, 0.15) is 5.69 Å². The average molecular weight is 492 g/mol. The Morgan fingerprint density at radius 2 is 1.86 bits per heavy atom. The number of benzene rings is 1.